The van der Waals surface area contributed by atoms with Crippen LogP contribution in [0.4, 0.5) is 0 Å². The Kier molecular flexibility index (Phi) is 10.0. The second-order valence-electron chi connectivity index (χ2n) is 5.93. The molecule has 0 unspecified atom stereocenters. The summed E-state index contributed by atoms with van der Waals surface area (Å²) in [6, 6.07) is 0. The van der Waals surface area contributed by atoms with Crippen molar-refractivity contribution in [3.63, 3.8) is 0 Å². The molecule has 18 heavy (non-hydrogen) atoms. The summed E-state index contributed by atoms with van der Waals surface area (Å²) in [7, 11) is 0. The van der Waals surface area contributed by atoms with Gasteiger partial charge < -0.3 is 10.4 Å². The monoisotopic (exact) mass is 257 g/mol. The molecule has 0 aliphatic rings. The molecular formula is C15H31NO2. The average molecular weight is 257 g/mol. The highest BCUT2D eigenvalue weighted by atomic mass is 16.3. The first-order valence-corrected chi connectivity index (χ1v) is 7.39. The van der Waals surface area contributed by atoms with Crippen LogP contribution in [-0.4, -0.2) is 24.2 Å². The van der Waals surface area contributed by atoms with E-state index in [1.807, 2.05) is 0 Å². The Morgan fingerprint density at radius 2 is 1.72 bits per heavy atom. The standard InChI is InChI=1S/C15H31NO2/c1-4-5-6-7-8-9-10-14(18)16-13-15(2,3)11-12-17/h17H,4-13H2,1-3H3,(H,16,18). The summed E-state index contributed by atoms with van der Waals surface area (Å²) in [6.07, 6.45) is 8.63. The molecule has 0 bridgehead atoms. The number of hydrogen-bond donors (Lipinski definition) is 2. The lowest BCUT2D eigenvalue weighted by atomic mass is 9.90. The van der Waals surface area contributed by atoms with Gasteiger partial charge in [0, 0.05) is 19.6 Å². The van der Waals surface area contributed by atoms with Gasteiger partial charge in [-0.15, -0.1) is 0 Å². The molecule has 0 atom stereocenters. The molecule has 108 valence electrons. The zero-order chi connectivity index (χ0) is 13.9. The van der Waals surface area contributed by atoms with Crippen LogP contribution in [0.25, 0.3) is 0 Å². The molecule has 0 saturated carbocycles. The summed E-state index contributed by atoms with van der Waals surface area (Å²) >= 11 is 0. The lowest BCUT2D eigenvalue weighted by molar-refractivity contribution is -0.121. The fourth-order valence-electron chi connectivity index (χ4n) is 1.88. The molecule has 0 radical (unpaired) electrons. The summed E-state index contributed by atoms with van der Waals surface area (Å²) < 4.78 is 0. The molecular weight excluding hydrogens is 226 g/mol. The smallest absolute Gasteiger partial charge is 0.220 e. The summed E-state index contributed by atoms with van der Waals surface area (Å²) in [5.74, 6) is 0.150. The number of carbonyl (C=O) groups excluding carboxylic acids is 1. The predicted octanol–water partition coefficient (Wildman–Crippen LogP) is 3.26. The Hall–Kier alpha value is -0.570. The molecule has 2 N–H and O–H groups in total. The van der Waals surface area contributed by atoms with Crippen LogP contribution in [0.2, 0.25) is 0 Å². The highest BCUT2D eigenvalue weighted by Crippen LogP contribution is 2.18. The Labute approximate surface area is 112 Å². The van der Waals surface area contributed by atoms with Gasteiger partial charge in [-0.05, 0) is 18.3 Å². The zero-order valence-corrected chi connectivity index (χ0v) is 12.4. The Morgan fingerprint density at radius 1 is 1.11 bits per heavy atom. The molecule has 0 aromatic rings. The van der Waals surface area contributed by atoms with Gasteiger partial charge in [-0.2, -0.15) is 0 Å². The molecule has 3 nitrogen and oxygen atoms in total. The number of rotatable bonds is 11. The zero-order valence-electron chi connectivity index (χ0n) is 12.4. The lowest BCUT2D eigenvalue weighted by Gasteiger charge is -2.23. The molecule has 3 heteroatoms. The number of carbonyl (C=O) groups is 1. The van der Waals surface area contributed by atoms with Crippen molar-refractivity contribution in [1.29, 1.82) is 0 Å². The van der Waals surface area contributed by atoms with Gasteiger partial charge in [0.1, 0.15) is 0 Å². The van der Waals surface area contributed by atoms with E-state index in [-0.39, 0.29) is 17.9 Å². The first-order valence-electron chi connectivity index (χ1n) is 7.39. The van der Waals surface area contributed by atoms with Crippen LogP contribution in [0.1, 0.15) is 72.1 Å². The van der Waals surface area contributed by atoms with Crippen LogP contribution in [0.5, 0.6) is 0 Å². The molecule has 0 aromatic heterocycles. The van der Waals surface area contributed by atoms with Gasteiger partial charge in [0.15, 0.2) is 0 Å². The largest absolute Gasteiger partial charge is 0.396 e. The Balaban J connectivity index is 3.48. The predicted molar refractivity (Wildman–Crippen MR) is 76.5 cm³/mol. The molecule has 1 amide bonds. The molecule has 0 aliphatic heterocycles. The van der Waals surface area contributed by atoms with Gasteiger partial charge in [-0.3, -0.25) is 4.79 Å². The normalized spacial score (nSPS) is 11.6. The summed E-state index contributed by atoms with van der Waals surface area (Å²) in [4.78, 5) is 11.6. The van der Waals surface area contributed by atoms with Gasteiger partial charge in [0.2, 0.25) is 5.91 Å². The van der Waals surface area contributed by atoms with E-state index < -0.39 is 0 Å². The van der Waals surface area contributed by atoms with Crippen molar-refractivity contribution in [2.45, 2.75) is 72.1 Å². The van der Waals surface area contributed by atoms with Crippen LogP contribution in [0, 0.1) is 5.41 Å². The molecule has 0 rings (SSSR count). The third-order valence-corrected chi connectivity index (χ3v) is 3.31. The number of unbranched alkanes of at least 4 members (excludes halogenated alkanes) is 5. The summed E-state index contributed by atoms with van der Waals surface area (Å²) in [6.45, 7) is 7.17. The van der Waals surface area contributed by atoms with Crippen LogP contribution in [0.15, 0.2) is 0 Å². The number of aliphatic hydroxyl groups is 1. The van der Waals surface area contributed by atoms with E-state index in [0.29, 0.717) is 13.0 Å². The molecule has 0 heterocycles. The van der Waals surface area contributed by atoms with E-state index in [2.05, 4.69) is 26.1 Å². The number of aliphatic hydroxyl groups excluding tert-OH is 1. The minimum Gasteiger partial charge on any atom is -0.396 e. The van der Waals surface area contributed by atoms with E-state index in [4.69, 9.17) is 5.11 Å². The molecule has 0 saturated heterocycles. The van der Waals surface area contributed by atoms with Crippen molar-refractivity contribution in [3.8, 4) is 0 Å². The maximum absolute atomic E-state index is 11.6. The average Bonchev–Trinajstić information content (AvgIpc) is 2.31. The van der Waals surface area contributed by atoms with Crippen LogP contribution < -0.4 is 5.32 Å². The van der Waals surface area contributed by atoms with Gasteiger partial charge in [-0.1, -0.05) is 52.9 Å². The number of amides is 1. The van der Waals surface area contributed by atoms with Crippen molar-refractivity contribution in [1.82, 2.24) is 5.32 Å². The first-order chi connectivity index (χ1) is 8.52. The lowest BCUT2D eigenvalue weighted by Crippen LogP contribution is -2.34. The third-order valence-electron chi connectivity index (χ3n) is 3.31. The minimum absolute atomic E-state index is 0.00840. The van der Waals surface area contributed by atoms with Crippen molar-refractivity contribution < 1.29 is 9.90 Å². The number of nitrogens with one attached hydrogen (secondary N) is 1. The van der Waals surface area contributed by atoms with Crippen LogP contribution in [-0.2, 0) is 4.79 Å². The second kappa shape index (κ2) is 10.4. The van der Waals surface area contributed by atoms with Gasteiger partial charge in [-0.25, -0.2) is 0 Å². The fraction of sp³-hybridized carbons (Fsp3) is 0.933. The minimum atomic E-state index is -0.00840. The Bertz CT molecular complexity index is 215. The van der Waals surface area contributed by atoms with E-state index in [9.17, 15) is 4.79 Å². The molecule has 0 spiro atoms. The van der Waals surface area contributed by atoms with E-state index in [1.165, 1.54) is 25.7 Å². The maximum Gasteiger partial charge on any atom is 0.220 e. The highest BCUT2D eigenvalue weighted by molar-refractivity contribution is 5.75. The third kappa shape index (κ3) is 10.6. The fourth-order valence-corrected chi connectivity index (χ4v) is 1.88. The van der Waals surface area contributed by atoms with Gasteiger partial charge in [0.25, 0.3) is 0 Å². The van der Waals surface area contributed by atoms with Crippen LogP contribution >= 0.6 is 0 Å². The van der Waals surface area contributed by atoms with Crippen molar-refractivity contribution in [2.24, 2.45) is 5.41 Å². The van der Waals surface area contributed by atoms with E-state index in [0.717, 1.165) is 19.3 Å². The summed E-state index contributed by atoms with van der Waals surface area (Å²) in [5.41, 5.74) is -0.00840. The van der Waals surface area contributed by atoms with Crippen molar-refractivity contribution in [2.75, 3.05) is 13.2 Å². The quantitative estimate of drug-likeness (QED) is 0.558. The van der Waals surface area contributed by atoms with E-state index in [1.54, 1.807) is 0 Å². The topological polar surface area (TPSA) is 49.3 Å². The summed E-state index contributed by atoms with van der Waals surface area (Å²) in [5, 5.41) is 11.9. The molecule has 0 fully saturated rings. The highest BCUT2D eigenvalue weighted by Gasteiger charge is 2.17. The van der Waals surface area contributed by atoms with Crippen molar-refractivity contribution in [3.05, 3.63) is 0 Å². The first kappa shape index (κ1) is 17.4. The Morgan fingerprint density at radius 3 is 2.33 bits per heavy atom. The maximum atomic E-state index is 11.6. The van der Waals surface area contributed by atoms with Gasteiger partial charge >= 0.3 is 0 Å². The SMILES string of the molecule is CCCCCCCCC(=O)NCC(C)(C)CCO. The van der Waals surface area contributed by atoms with E-state index >= 15 is 0 Å². The van der Waals surface area contributed by atoms with Crippen LogP contribution in [0.3, 0.4) is 0 Å². The van der Waals surface area contributed by atoms with Crippen molar-refractivity contribution >= 4 is 5.91 Å². The molecule has 0 aliphatic carbocycles. The number of hydrogen-bond acceptors (Lipinski definition) is 2. The molecule has 0 aromatic carbocycles. The second-order valence-corrected chi connectivity index (χ2v) is 5.93. The van der Waals surface area contributed by atoms with Gasteiger partial charge in [0.05, 0.1) is 0 Å².